The second kappa shape index (κ2) is 5.88. The molecule has 0 bridgehead atoms. The number of furan rings is 1. The summed E-state index contributed by atoms with van der Waals surface area (Å²) in [5.74, 6) is 0.583. The lowest BCUT2D eigenvalue weighted by Gasteiger charge is -2.05. The summed E-state index contributed by atoms with van der Waals surface area (Å²) in [5.41, 5.74) is 2.65. The molecule has 1 aliphatic heterocycles. The Morgan fingerprint density at radius 3 is 2.72 bits per heavy atom. The molecule has 4 nitrogen and oxygen atoms in total. The van der Waals surface area contributed by atoms with Gasteiger partial charge in [-0.2, -0.15) is 0 Å². The summed E-state index contributed by atoms with van der Waals surface area (Å²) in [6.45, 7) is 1.98. The van der Waals surface area contributed by atoms with Gasteiger partial charge in [0.15, 0.2) is 0 Å². The first-order valence-corrected chi connectivity index (χ1v) is 8.71. The van der Waals surface area contributed by atoms with E-state index in [2.05, 4.69) is 21.2 Å². The van der Waals surface area contributed by atoms with Gasteiger partial charge in [-0.3, -0.25) is 4.79 Å². The number of halogens is 2. The zero-order valence-corrected chi connectivity index (χ0v) is 15.2. The molecule has 0 saturated carbocycles. The summed E-state index contributed by atoms with van der Waals surface area (Å²) >= 11 is 3.51. The second-order valence-corrected chi connectivity index (χ2v) is 6.92. The van der Waals surface area contributed by atoms with E-state index in [-0.39, 0.29) is 17.8 Å². The average molecular weight is 404 g/mol. The van der Waals surface area contributed by atoms with Crippen molar-refractivity contribution in [2.45, 2.75) is 19.4 Å². The minimum absolute atomic E-state index is 0.0265. The Balaban J connectivity index is 2.06. The number of carbonyl (C=O) groups excluding carboxylic acids is 1. The Labute approximate surface area is 152 Å². The first-order chi connectivity index (χ1) is 12.0. The zero-order valence-electron chi connectivity index (χ0n) is 13.7. The van der Waals surface area contributed by atoms with Crippen molar-refractivity contribution in [1.82, 2.24) is 5.32 Å². The number of amides is 1. The molecule has 1 N–H and O–H groups in total. The molecule has 6 heteroatoms. The van der Waals surface area contributed by atoms with E-state index in [0.29, 0.717) is 28.9 Å². The highest BCUT2D eigenvalue weighted by atomic mass is 79.9. The molecule has 128 valence electrons. The molecule has 3 aromatic rings. The largest absolute Gasteiger partial charge is 0.489 e. The quantitative estimate of drug-likeness (QED) is 0.675. The van der Waals surface area contributed by atoms with Crippen molar-refractivity contribution in [2.75, 3.05) is 7.05 Å². The number of fused-ring (bicyclic) bond motifs is 3. The lowest BCUT2D eigenvalue weighted by Crippen LogP contribution is -2.18. The number of carbonyl (C=O) groups is 1. The van der Waals surface area contributed by atoms with Crippen molar-refractivity contribution in [3.8, 4) is 17.1 Å². The van der Waals surface area contributed by atoms with Crippen molar-refractivity contribution in [2.24, 2.45) is 0 Å². The van der Waals surface area contributed by atoms with E-state index in [9.17, 15) is 9.18 Å². The van der Waals surface area contributed by atoms with Crippen LogP contribution in [0.5, 0.6) is 5.75 Å². The van der Waals surface area contributed by atoms with Gasteiger partial charge in [0, 0.05) is 30.0 Å². The summed E-state index contributed by atoms with van der Waals surface area (Å²) in [5, 5.41) is 3.42. The predicted octanol–water partition coefficient (Wildman–Crippen LogP) is 4.68. The molecule has 0 radical (unpaired) electrons. The van der Waals surface area contributed by atoms with Crippen molar-refractivity contribution in [1.29, 1.82) is 0 Å². The Bertz CT molecular complexity index is 994. The molecule has 25 heavy (non-hydrogen) atoms. The van der Waals surface area contributed by atoms with E-state index in [0.717, 1.165) is 21.2 Å². The summed E-state index contributed by atoms with van der Waals surface area (Å²) in [4.78, 5) is 12.6. The molecular formula is C19H15BrFNO3. The SMILES string of the molecule is CNC(=O)c1c(-c2ccc(F)cc2)oc2cc(Br)c3c(c12)CC(C)O3. The summed E-state index contributed by atoms with van der Waals surface area (Å²) in [6.07, 6.45) is 0.719. The maximum atomic E-state index is 13.3. The normalized spacial score (nSPS) is 15.9. The van der Waals surface area contributed by atoms with Gasteiger partial charge in [0.2, 0.25) is 0 Å². The van der Waals surface area contributed by atoms with Crippen LogP contribution < -0.4 is 10.1 Å². The first kappa shape index (κ1) is 16.1. The van der Waals surface area contributed by atoms with Crippen LogP contribution in [-0.2, 0) is 6.42 Å². The van der Waals surface area contributed by atoms with E-state index >= 15 is 0 Å². The Morgan fingerprint density at radius 2 is 2.04 bits per heavy atom. The van der Waals surface area contributed by atoms with Gasteiger partial charge in [-0.1, -0.05) is 0 Å². The molecule has 0 saturated heterocycles. The highest BCUT2D eigenvalue weighted by molar-refractivity contribution is 9.10. The molecule has 1 aliphatic rings. The minimum atomic E-state index is -0.341. The van der Waals surface area contributed by atoms with Crippen LogP contribution in [0.1, 0.15) is 22.8 Å². The molecule has 0 aliphatic carbocycles. The lowest BCUT2D eigenvalue weighted by atomic mass is 9.99. The van der Waals surface area contributed by atoms with Gasteiger partial charge >= 0.3 is 0 Å². The van der Waals surface area contributed by atoms with Gasteiger partial charge in [0.1, 0.15) is 29.0 Å². The Morgan fingerprint density at radius 1 is 1.32 bits per heavy atom. The fourth-order valence-electron chi connectivity index (χ4n) is 3.29. The van der Waals surface area contributed by atoms with Crippen LogP contribution in [0.2, 0.25) is 0 Å². The monoisotopic (exact) mass is 403 g/mol. The number of hydrogen-bond acceptors (Lipinski definition) is 3. The molecule has 0 fully saturated rings. The zero-order chi connectivity index (χ0) is 17.7. The Kier molecular flexibility index (Phi) is 3.80. The van der Waals surface area contributed by atoms with Gasteiger partial charge in [-0.25, -0.2) is 4.39 Å². The van der Waals surface area contributed by atoms with Crippen LogP contribution in [0, 0.1) is 5.82 Å². The molecule has 1 aromatic heterocycles. The van der Waals surface area contributed by atoms with Gasteiger partial charge in [0.25, 0.3) is 5.91 Å². The van der Waals surface area contributed by atoms with Crippen LogP contribution >= 0.6 is 15.9 Å². The van der Waals surface area contributed by atoms with Crippen LogP contribution in [-0.4, -0.2) is 19.1 Å². The maximum absolute atomic E-state index is 13.3. The summed E-state index contributed by atoms with van der Waals surface area (Å²) in [7, 11) is 1.58. The van der Waals surface area contributed by atoms with E-state index in [4.69, 9.17) is 9.15 Å². The van der Waals surface area contributed by atoms with E-state index in [1.54, 1.807) is 19.2 Å². The third kappa shape index (κ3) is 2.52. The molecule has 1 unspecified atom stereocenters. The van der Waals surface area contributed by atoms with Crippen molar-refractivity contribution >= 4 is 32.8 Å². The fourth-order valence-corrected chi connectivity index (χ4v) is 3.83. The highest BCUT2D eigenvalue weighted by Gasteiger charge is 2.31. The van der Waals surface area contributed by atoms with Crippen molar-refractivity contribution in [3.63, 3.8) is 0 Å². The van der Waals surface area contributed by atoms with Gasteiger partial charge < -0.3 is 14.5 Å². The van der Waals surface area contributed by atoms with Crippen LogP contribution in [0.15, 0.2) is 39.2 Å². The minimum Gasteiger partial charge on any atom is -0.489 e. The molecule has 2 aromatic carbocycles. The van der Waals surface area contributed by atoms with E-state index in [1.165, 1.54) is 12.1 Å². The third-order valence-corrected chi connectivity index (χ3v) is 4.95. The van der Waals surface area contributed by atoms with E-state index < -0.39 is 0 Å². The fraction of sp³-hybridized carbons (Fsp3) is 0.211. The number of hydrogen-bond donors (Lipinski definition) is 1. The molecular weight excluding hydrogens is 389 g/mol. The lowest BCUT2D eigenvalue weighted by molar-refractivity contribution is 0.0964. The topological polar surface area (TPSA) is 51.5 Å². The van der Waals surface area contributed by atoms with Crippen molar-refractivity contribution < 1.29 is 18.3 Å². The molecule has 1 atom stereocenters. The molecule has 2 heterocycles. The number of ether oxygens (including phenoxy) is 1. The van der Waals surface area contributed by atoms with E-state index in [1.807, 2.05) is 13.0 Å². The molecule has 4 rings (SSSR count). The molecule has 1 amide bonds. The Hall–Kier alpha value is -2.34. The molecule has 0 spiro atoms. The number of nitrogens with one attached hydrogen (secondary N) is 1. The number of rotatable bonds is 2. The standard InChI is InChI=1S/C19H15BrFNO3/c1-9-7-12-15-14(8-13(20)18(12)24-9)25-17(16(15)19(23)22-2)10-3-5-11(21)6-4-10/h3-6,8-9H,7H2,1-2H3,(H,22,23). The third-order valence-electron chi connectivity index (χ3n) is 4.36. The number of benzene rings is 2. The van der Waals surface area contributed by atoms with Crippen LogP contribution in [0.4, 0.5) is 4.39 Å². The van der Waals surface area contributed by atoms with Crippen LogP contribution in [0.3, 0.4) is 0 Å². The predicted molar refractivity (Wildman–Crippen MR) is 96.5 cm³/mol. The first-order valence-electron chi connectivity index (χ1n) is 7.92. The average Bonchev–Trinajstić information content (AvgIpc) is 3.15. The van der Waals surface area contributed by atoms with Gasteiger partial charge in [-0.15, -0.1) is 0 Å². The smallest absolute Gasteiger partial charge is 0.255 e. The second-order valence-electron chi connectivity index (χ2n) is 6.06. The van der Waals surface area contributed by atoms with Gasteiger partial charge in [-0.05, 0) is 53.2 Å². The summed E-state index contributed by atoms with van der Waals surface area (Å²) in [6, 6.07) is 7.72. The highest BCUT2D eigenvalue weighted by Crippen LogP contribution is 2.45. The van der Waals surface area contributed by atoms with Crippen LogP contribution in [0.25, 0.3) is 22.3 Å². The summed E-state index contributed by atoms with van der Waals surface area (Å²) < 4.78 is 26.0. The van der Waals surface area contributed by atoms with Crippen molar-refractivity contribution in [3.05, 3.63) is 51.7 Å². The maximum Gasteiger partial charge on any atom is 0.255 e. The van der Waals surface area contributed by atoms with Gasteiger partial charge in [0.05, 0.1) is 10.0 Å².